The van der Waals surface area contributed by atoms with Crippen molar-refractivity contribution in [2.24, 2.45) is 5.92 Å². The van der Waals surface area contributed by atoms with Crippen molar-refractivity contribution in [2.75, 3.05) is 26.2 Å². The molecule has 2 aromatic carbocycles. The van der Waals surface area contributed by atoms with Crippen LogP contribution in [0.2, 0.25) is 0 Å². The van der Waals surface area contributed by atoms with Gasteiger partial charge in [-0.15, -0.1) is 6.58 Å². The fourth-order valence-corrected chi connectivity index (χ4v) is 4.25. The van der Waals surface area contributed by atoms with Gasteiger partial charge in [0.2, 0.25) is 5.91 Å². The standard InChI is InChI=1S/C27H27N3O2/c1-2-15-29-16-17-30(26(31)21-9-4-3-5-10-21)20-24(27(29)32)18-22-11-6-7-13-25(22)23-12-8-14-28-19-23/h2-14,19,24H,1,15-18,20H2/t24-/m0/s1. The maximum atomic E-state index is 13.4. The van der Waals surface area contributed by atoms with Crippen LogP contribution in [-0.4, -0.2) is 52.8 Å². The summed E-state index contributed by atoms with van der Waals surface area (Å²) in [5.41, 5.74) is 3.80. The monoisotopic (exact) mass is 425 g/mol. The zero-order valence-corrected chi connectivity index (χ0v) is 18.1. The number of carbonyl (C=O) groups excluding carboxylic acids is 2. The third-order valence-electron chi connectivity index (χ3n) is 5.86. The Morgan fingerprint density at radius 1 is 1.03 bits per heavy atom. The molecule has 2 amide bonds. The number of carbonyl (C=O) groups is 2. The zero-order chi connectivity index (χ0) is 22.3. The number of rotatable bonds is 6. The lowest BCUT2D eigenvalue weighted by atomic mass is 9.91. The maximum absolute atomic E-state index is 13.4. The molecule has 1 aliphatic heterocycles. The van der Waals surface area contributed by atoms with Crippen LogP contribution in [0.1, 0.15) is 15.9 Å². The molecule has 1 fully saturated rings. The second-order valence-corrected chi connectivity index (χ2v) is 7.99. The van der Waals surface area contributed by atoms with Crippen molar-refractivity contribution < 1.29 is 9.59 Å². The first kappa shape index (κ1) is 21.5. The van der Waals surface area contributed by atoms with E-state index in [1.54, 1.807) is 12.3 Å². The van der Waals surface area contributed by atoms with Crippen molar-refractivity contribution in [3.63, 3.8) is 0 Å². The van der Waals surface area contributed by atoms with Crippen LogP contribution in [-0.2, 0) is 11.2 Å². The van der Waals surface area contributed by atoms with Gasteiger partial charge < -0.3 is 9.80 Å². The molecule has 0 unspecified atom stereocenters. The van der Waals surface area contributed by atoms with Gasteiger partial charge >= 0.3 is 0 Å². The van der Waals surface area contributed by atoms with Crippen LogP contribution < -0.4 is 0 Å². The molecule has 32 heavy (non-hydrogen) atoms. The first-order valence-electron chi connectivity index (χ1n) is 10.9. The fraction of sp³-hybridized carbons (Fsp3) is 0.222. The Hall–Kier alpha value is -3.73. The summed E-state index contributed by atoms with van der Waals surface area (Å²) in [4.78, 5) is 34.5. The van der Waals surface area contributed by atoms with Crippen LogP contribution in [0.3, 0.4) is 0 Å². The molecule has 0 radical (unpaired) electrons. The first-order chi connectivity index (χ1) is 15.7. The maximum Gasteiger partial charge on any atom is 0.253 e. The number of benzene rings is 2. The highest BCUT2D eigenvalue weighted by Crippen LogP contribution is 2.27. The van der Waals surface area contributed by atoms with Crippen LogP contribution in [0.25, 0.3) is 11.1 Å². The van der Waals surface area contributed by atoms with E-state index >= 15 is 0 Å². The molecule has 5 nitrogen and oxygen atoms in total. The molecular weight excluding hydrogens is 398 g/mol. The summed E-state index contributed by atoms with van der Waals surface area (Å²) in [7, 11) is 0. The second-order valence-electron chi connectivity index (χ2n) is 7.99. The Morgan fingerprint density at radius 3 is 2.56 bits per heavy atom. The highest BCUT2D eigenvalue weighted by atomic mass is 16.2. The SMILES string of the molecule is C=CCN1CCN(C(=O)c2ccccc2)C[C@H](Cc2ccccc2-c2cccnc2)C1=O. The Labute approximate surface area is 189 Å². The van der Waals surface area contributed by atoms with Crippen molar-refractivity contribution in [3.05, 3.63) is 103 Å². The minimum atomic E-state index is -0.331. The summed E-state index contributed by atoms with van der Waals surface area (Å²) in [6.07, 6.45) is 5.88. The largest absolute Gasteiger partial charge is 0.337 e. The van der Waals surface area contributed by atoms with E-state index in [0.717, 1.165) is 16.7 Å². The van der Waals surface area contributed by atoms with Crippen LogP contribution in [0.5, 0.6) is 0 Å². The molecule has 1 aliphatic rings. The third kappa shape index (κ3) is 4.78. The molecule has 0 spiro atoms. The fourth-order valence-electron chi connectivity index (χ4n) is 4.25. The average Bonchev–Trinajstić information content (AvgIpc) is 3.00. The van der Waals surface area contributed by atoms with Crippen molar-refractivity contribution >= 4 is 11.8 Å². The first-order valence-corrected chi connectivity index (χ1v) is 10.9. The summed E-state index contributed by atoms with van der Waals surface area (Å²) in [6, 6.07) is 21.3. The molecule has 162 valence electrons. The lowest BCUT2D eigenvalue weighted by Crippen LogP contribution is -2.38. The number of nitrogens with zero attached hydrogens (tertiary/aromatic N) is 3. The molecule has 2 heterocycles. The normalized spacial score (nSPS) is 16.5. The van der Waals surface area contributed by atoms with Crippen LogP contribution in [0, 0.1) is 5.92 Å². The van der Waals surface area contributed by atoms with Gasteiger partial charge in [0.25, 0.3) is 5.91 Å². The molecule has 0 aliphatic carbocycles. The molecule has 1 aromatic heterocycles. The molecule has 5 heteroatoms. The number of hydrogen-bond donors (Lipinski definition) is 0. The van der Waals surface area contributed by atoms with E-state index in [1.807, 2.05) is 70.6 Å². The quantitative estimate of drug-likeness (QED) is 0.559. The minimum absolute atomic E-state index is 0.0376. The number of pyridine rings is 1. The third-order valence-corrected chi connectivity index (χ3v) is 5.86. The van der Waals surface area contributed by atoms with Crippen molar-refractivity contribution in [1.82, 2.24) is 14.8 Å². The van der Waals surface area contributed by atoms with Crippen molar-refractivity contribution in [2.45, 2.75) is 6.42 Å². The summed E-state index contributed by atoms with van der Waals surface area (Å²) in [5, 5.41) is 0. The Kier molecular flexibility index (Phi) is 6.75. The molecule has 1 atom stereocenters. The molecule has 0 bridgehead atoms. The predicted molar refractivity (Wildman–Crippen MR) is 126 cm³/mol. The van der Waals surface area contributed by atoms with Crippen LogP contribution >= 0.6 is 0 Å². The van der Waals surface area contributed by atoms with E-state index in [9.17, 15) is 9.59 Å². The van der Waals surface area contributed by atoms with E-state index in [1.165, 1.54) is 0 Å². The Balaban J connectivity index is 1.64. The smallest absolute Gasteiger partial charge is 0.253 e. The topological polar surface area (TPSA) is 53.5 Å². The van der Waals surface area contributed by atoms with Gasteiger partial charge in [0.1, 0.15) is 0 Å². The molecule has 4 rings (SSSR count). The second kappa shape index (κ2) is 10.1. The molecule has 1 saturated heterocycles. The summed E-state index contributed by atoms with van der Waals surface area (Å²) in [6.45, 7) is 5.68. The van der Waals surface area contributed by atoms with Crippen LogP contribution in [0.4, 0.5) is 0 Å². The van der Waals surface area contributed by atoms with Gasteiger partial charge in [-0.1, -0.05) is 54.6 Å². The van der Waals surface area contributed by atoms with Gasteiger partial charge in [0.05, 0.1) is 5.92 Å². The lowest BCUT2D eigenvalue weighted by molar-refractivity contribution is -0.134. The van der Waals surface area contributed by atoms with E-state index < -0.39 is 0 Å². The minimum Gasteiger partial charge on any atom is -0.337 e. The lowest BCUT2D eigenvalue weighted by Gasteiger charge is -2.24. The van der Waals surface area contributed by atoms with Gasteiger partial charge in [-0.05, 0) is 35.7 Å². The highest BCUT2D eigenvalue weighted by molar-refractivity contribution is 5.95. The summed E-state index contributed by atoms with van der Waals surface area (Å²) in [5.74, 6) is -0.304. The van der Waals surface area contributed by atoms with E-state index in [4.69, 9.17) is 0 Å². The van der Waals surface area contributed by atoms with Crippen molar-refractivity contribution in [3.8, 4) is 11.1 Å². The van der Waals surface area contributed by atoms with Gasteiger partial charge in [-0.25, -0.2) is 0 Å². The van der Waals surface area contributed by atoms with Gasteiger partial charge in [0, 0.05) is 49.7 Å². The van der Waals surface area contributed by atoms with Crippen LogP contribution in [0.15, 0.2) is 91.8 Å². The summed E-state index contributed by atoms with van der Waals surface area (Å²) < 4.78 is 0. The molecule has 3 aromatic rings. The molecule has 0 N–H and O–H groups in total. The predicted octanol–water partition coefficient (Wildman–Crippen LogP) is 4.08. The Morgan fingerprint density at radius 2 is 1.81 bits per heavy atom. The van der Waals surface area contributed by atoms with Crippen molar-refractivity contribution in [1.29, 1.82) is 0 Å². The Bertz CT molecular complexity index is 1080. The van der Waals surface area contributed by atoms with Gasteiger partial charge in [-0.3, -0.25) is 14.6 Å². The van der Waals surface area contributed by atoms with E-state index in [0.29, 0.717) is 38.2 Å². The molecular formula is C27H27N3O2. The van der Waals surface area contributed by atoms with E-state index in [2.05, 4.69) is 23.7 Å². The number of hydrogen-bond acceptors (Lipinski definition) is 3. The van der Waals surface area contributed by atoms with Gasteiger partial charge in [0.15, 0.2) is 0 Å². The molecule has 0 saturated carbocycles. The zero-order valence-electron chi connectivity index (χ0n) is 18.1. The van der Waals surface area contributed by atoms with Gasteiger partial charge in [-0.2, -0.15) is 0 Å². The highest BCUT2D eigenvalue weighted by Gasteiger charge is 2.32. The number of amides is 2. The number of aromatic nitrogens is 1. The summed E-state index contributed by atoms with van der Waals surface area (Å²) >= 11 is 0. The van der Waals surface area contributed by atoms with E-state index in [-0.39, 0.29) is 17.7 Å². The average molecular weight is 426 g/mol.